The fourth-order valence-corrected chi connectivity index (χ4v) is 2.63. The van der Waals surface area contributed by atoms with Gasteiger partial charge in [0.05, 0.1) is 5.60 Å². The molecule has 0 atom stereocenters. The Kier molecular flexibility index (Phi) is 3.10. The second-order valence-electron chi connectivity index (χ2n) is 6.29. The lowest BCUT2D eigenvalue weighted by atomic mass is 9.72. The maximum Gasteiger partial charge on any atom is 0.407 e. The summed E-state index contributed by atoms with van der Waals surface area (Å²) in [6.07, 6.45) is 4.07. The quantitative estimate of drug-likeness (QED) is 0.825. The minimum atomic E-state index is -0.428. The molecule has 2 rings (SSSR count). The molecule has 0 saturated heterocycles. The van der Waals surface area contributed by atoms with Crippen molar-refractivity contribution < 1.29 is 14.3 Å². The topological polar surface area (TPSA) is 47.6 Å². The van der Waals surface area contributed by atoms with Crippen molar-refractivity contribution in [3.05, 3.63) is 0 Å². The van der Waals surface area contributed by atoms with Crippen LogP contribution in [0.1, 0.15) is 46.5 Å². The lowest BCUT2D eigenvalue weighted by Crippen LogP contribution is -2.57. The van der Waals surface area contributed by atoms with Gasteiger partial charge in [-0.15, -0.1) is 0 Å². The molecule has 0 unspecified atom stereocenters. The van der Waals surface area contributed by atoms with Crippen molar-refractivity contribution in [2.24, 2.45) is 5.92 Å². The van der Waals surface area contributed by atoms with Gasteiger partial charge in [-0.3, -0.25) is 0 Å². The predicted molar refractivity (Wildman–Crippen MR) is 64.9 cm³/mol. The van der Waals surface area contributed by atoms with Crippen LogP contribution in [-0.4, -0.2) is 30.4 Å². The Morgan fingerprint density at radius 1 is 1.29 bits per heavy atom. The molecule has 0 aromatic carbocycles. The van der Waals surface area contributed by atoms with E-state index < -0.39 is 5.60 Å². The first-order chi connectivity index (χ1) is 7.85. The predicted octanol–water partition coefficient (Wildman–Crippen LogP) is 2.47. The van der Waals surface area contributed by atoms with Crippen LogP contribution in [0.25, 0.3) is 0 Å². The monoisotopic (exact) mass is 241 g/mol. The van der Waals surface area contributed by atoms with Crippen LogP contribution in [0.4, 0.5) is 4.79 Å². The molecule has 0 aromatic rings. The van der Waals surface area contributed by atoms with E-state index in [2.05, 4.69) is 5.32 Å². The summed E-state index contributed by atoms with van der Waals surface area (Å²) in [6, 6.07) is 0.213. The van der Waals surface area contributed by atoms with Gasteiger partial charge >= 0.3 is 6.09 Å². The first kappa shape index (κ1) is 12.7. The number of hydrogen-bond donors (Lipinski definition) is 1. The summed E-state index contributed by atoms with van der Waals surface area (Å²) in [5, 5.41) is 2.90. The van der Waals surface area contributed by atoms with Gasteiger partial charge in [0.25, 0.3) is 0 Å². The van der Waals surface area contributed by atoms with Crippen molar-refractivity contribution in [3.63, 3.8) is 0 Å². The van der Waals surface area contributed by atoms with E-state index in [0.717, 1.165) is 12.8 Å². The Bertz CT molecular complexity index is 298. The largest absolute Gasteiger partial charge is 0.444 e. The molecular formula is C13H23NO3. The van der Waals surface area contributed by atoms with Gasteiger partial charge < -0.3 is 14.8 Å². The molecule has 0 aliphatic heterocycles. The van der Waals surface area contributed by atoms with Crippen LogP contribution in [0, 0.1) is 5.92 Å². The Hall–Kier alpha value is -0.770. The van der Waals surface area contributed by atoms with E-state index in [1.54, 1.807) is 7.11 Å². The highest BCUT2D eigenvalue weighted by molar-refractivity contribution is 5.68. The number of amides is 1. The molecule has 0 bridgehead atoms. The second-order valence-corrected chi connectivity index (χ2v) is 6.29. The molecule has 2 saturated carbocycles. The van der Waals surface area contributed by atoms with E-state index in [1.807, 2.05) is 20.8 Å². The van der Waals surface area contributed by atoms with Crippen molar-refractivity contribution in [2.45, 2.75) is 63.7 Å². The molecule has 2 fully saturated rings. The van der Waals surface area contributed by atoms with Crippen molar-refractivity contribution in [1.29, 1.82) is 0 Å². The normalized spacial score (nSPS) is 32.8. The molecule has 0 heterocycles. The first-order valence-corrected chi connectivity index (χ1v) is 6.39. The number of nitrogens with one attached hydrogen (secondary N) is 1. The molecule has 2 aliphatic carbocycles. The average Bonchev–Trinajstić information content (AvgIpc) is 2.90. The zero-order valence-electron chi connectivity index (χ0n) is 11.2. The van der Waals surface area contributed by atoms with Gasteiger partial charge in [0.2, 0.25) is 0 Å². The standard InChI is InChI=1S/C13H23NO3/c1-12(2,3)17-11(15)14-10-7-13(8-10,16-4)9-5-6-9/h9-10H,5-8H2,1-4H3,(H,14,15). The van der Waals surface area contributed by atoms with E-state index in [9.17, 15) is 4.79 Å². The molecule has 0 spiro atoms. The SMILES string of the molecule is COC1(C2CC2)CC(NC(=O)OC(C)(C)C)C1. The summed E-state index contributed by atoms with van der Waals surface area (Å²) in [5.41, 5.74) is -0.387. The third-order valence-electron chi connectivity index (χ3n) is 3.63. The number of alkyl carbamates (subject to hydrolysis) is 1. The number of hydrogen-bond acceptors (Lipinski definition) is 3. The van der Waals surface area contributed by atoms with Crippen molar-refractivity contribution in [1.82, 2.24) is 5.32 Å². The summed E-state index contributed by atoms with van der Waals surface area (Å²) in [6.45, 7) is 5.62. The highest BCUT2D eigenvalue weighted by atomic mass is 16.6. The third-order valence-corrected chi connectivity index (χ3v) is 3.63. The highest BCUT2D eigenvalue weighted by Gasteiger charge is 2.54. The van der Waals surface area contributed by atoms with E-state index >= 15 is 0 Å². The number of ether oxygens (including phenoxy) is 2. The van der Waals surface area contributed by atoms with Crippen LogP contribution >= 0.6 is 0 Å². The van der Waals surface area contributed by atoms with Gasteiger partial charge in [-0.2, -0.15) is 0 Å². The van der Waals surface area contributed by atoms with Crippen LogP contribution < -0.4 is 5.32 Å². The number of carbonyl (C=O) groups is 1. The van der Waals surface area contributed by atoms with Gasteiger partial charge in [-0.1, -0.05) is 0 Å². The van der Waals surface area contributed by atoms with E-state index in [0.29, 0.717) is 5.92 Å². The Balaban J connectivity index is 1.74. The molecule has 4 nitrogen and oxygen atoms in total. The van der Waals surface area contributed by atoms with E-state index in [-0.39, 0.29) is 17.7 Å². The molecule has 4 heteroatoms. The van der Waals surface area contributed by atoms with Gasteiger partial charge in [0.15, 0.2) is 0 Å². The maximum absolute atomic E-state index is 11.6. The third kappa shape index (κ3) is 2.92. The Morgan fingerprint density at radius 3 is 2.29 bits per heavy atom. The molecular weight excluding hydrogens is 218 g/mol. The number of methoxy groups -OCH3 is 1. The number of carbonyl (C=O) groups excluding carboxylic acids is 1. The molecule has 1 amide bonds. The van der Waals surface area contributed by atoms with Crippen LogP contribution in [0.3, 0.4) is 0 Å². The van der Waals surface area contributed by atoms with Crippen molar-refractivity contribution >= 4 is 6.09 Å². The van der Waals surface area contributed by atoms with Gasteiger partial charge in [-0.25, -0.2) is 4.79 Å². The molecule has 1 N–H and O–H groups in total. The Labute approximate surface area is 103 Å². The van der Waals surface area contributed by atoms with Crippen LogP contribution in [0.5, 0.6) is 0 Å². The fourth-order valence-electron chi connectivity index (χ4n) is 2.63. The lowest BCUT2D eigenvalue weighted by Gasteiger charge is -2.47. The summed E-state index contributed by atoms with van der Waals surface area (Å²) in [7, 11) is 1.78. The summed E-state index contributed by atoms with van der Waals surface area (Å²) in [4.78, 5) is 11.6. The fraction of sp³-hybridized carbons (Fsp3) is 0.923. The van der Waals surface area contributed by atoms with Gasteiger partial charge in [-0.05, 0) is 52.4 Å². The van der Waals surface area contributed by atoms with Crippen LogP contribution in [0.15, 0.2) is 0 Å². The lowest BCUT2D eigenvalue weighted by molar-refractivity contribution is -0.106. The zero-order valence-corrected chi connectivity index (χ0v) is 11.2. The Morgan fingerprint density at radius 2 is 1.88 bits per heavy atom. The van der Waals surface area contributed by atoms with Crippen LogP contribution in [0.2, 0.25) is 0 Å². The summed E-state index contributed by atoms with van der Waals surface area (Å²) < 4.78 is 10.8. The maximum atomic E-state index is 11.6. The molecule has 2 aliphatic rings. The number of rotatable bonds is 3. The average molecular weight is 241 g/mol. The van der Waals surface area contributed by atoms with Crippen molar-refractivity contribution in [3.8, 4) is 0 Å². The smallest absolute Gasteiger partial charge is 0.407 e. The van der Waals surface area contributed by atoms with Gasteiger partial charge in [0.1, 0.15) is 5.60 Å². The molecule has 17 heavy (non-hydrogen) atoms. The van der Waals surface area contributed by atoms with Crippen molar-refractivity contribution in [2.75, 3.05) is 7.11 Å². The van der Waals surface area contributed by atoms with E-state index in [1.165, 1.54) is 12.8 Å². The first-order valence-electron chi connectivity index (χ1n) is 6.39. The van der Waals surface area contributed by atoms with Gasteiger partial charge in [0, 0.05) is 13.2 Å². The summed E-state index contributed by atoms with van der Waals surface area (Å²) >= 11 is 0. The zero-order chi connectivity index (χ0) is 12.7. The molecule has 0 radical (unpaired) electrons. The van der Waals surface area contributed by atoms with Crippen LogP contribution in [-0.2, 0) is 9.47 Å². The molecule has 0 aromatic heterocycles. The molecule has 98 valence electrons. The second kappa shape index (κ2) is 4.16. The minimum absolute atomic E-state index is 0.0413. The minimum Gasteiger partial charge on any atom is -0.444 e. The summed E-state index contributed by atoms with van der Waals surface area (Å²) in [5.74, 6) is 0.712. The highest BCUT2D eigenvalue weighted by Crippen LogP contribution is 2.52. The van der Waals surface area contributed by atoms with E-state index in [4.69, 9.17) is 9.47 Å².